The third kappa shape index (κ3) is 11.9. The first-order chi connectivity index (χ1) is 7.77. The summed E-state index contributed by atoms with van der Waals surface area (Å²) < 4.78 is 40.4. The first-order valence-electron chi connectivity index (χ1n) is 5.74. The van der Waals surface area contributed by atoms with Crippen LogP contribution in [0.1, 0.15) is 20.3 Å². The van der Waals surface area contributed by atoms with Gasteiger partial charge in [-0.1, -0.05) is 13.8 Å². The molecule has 0 fully saturated rings. The van der Waals surface area contributed by atoms with Gasteiger partial charge in [-0.25, -0.2) is 0 Å². The molecule has 0 amide bonds. The fourth-order valence-corrected chi connectivity index (χ4v) is 1.30. The summed E-state index contributed by atoms with van der Waals surface area (Å²) in [5.41, 5.74) is 0.0973. The average Bonchev–Trinajstić information content (AvgIpc) is 2.19. The molecule has 17 heavy (non-hydrogen) atoms. The number of rotatable bonds is 9. The van der Waals surface area contributed by atoms with Gasteiger partial charge in [0.1, 0.15) is 0 Å². The molecule has 0 aromatic carbocycles. The van der Waals surface area contributed by atoms with Crippen molar-refractivity contribution in [3.63, 3.8) is 0 Å². The smallest absolute Gasteiger partial charge is 0.385 e. The molecule has 0 heterocycles. The Balaban J connectivity index is 3.44. The molecule has 0 aliphatic heterocycles. The van der Waals surface area contributed by atoms with Gasteiger partial charge in [0.25, 0.3) is 0 Å². The summed E-state index contributed by atoms with van der Waals surface area (Å²) in [6.07, 6.45) is -3.20. The van der Waals surface area contributed by atoms with E-state index in [2.05, 4.69) is 24.5 Å². The molecule has 104 valence electrons. The summed E-state index contributed by atoms with van der Waals surface area (Å²) in [7, 11) is 1.66. The van der Waals surface area contributed by atoms with Crippen molar-refractivity contribution in [1.29, 1.82) is 0 Å². The quantitative estimate of drug-likeness (QED) is 0.617. The molecular weight excluding hydrogens is 233 g/mol. The highest BCUT2D eigenvalue weighted by Crippen LogP contribution is 2.18. The van der Waals surface area contributed by atoms with E-state index in [4.69, 9.17) is 4.74 Å². The lowest BCUT2D eigenvalue weighted by molar-refractivity contribution is -0.124. The van der Waals surface area contributed by atoms with Crippen molar-refractivity contribution < 1.29 is 17.9 Å². The maximum absolute atomic E-state index is 11.8. The van der Waals surface area contributed by atoms with Gasteiger partial charge in [-0.2, -0.15) is 13.2 Å². The number of ether oxygens (including phenoxy) is 1. The maximum atomic E-state index is 11.8. The standard InChI is InChI=1S/C11H23F3N2O/c1-10(2,4-7-17-3)8-15-5-6-16-9-11(12,13)14/h15-16H,4-9H2,1-3H3. The Morgan fingerprint density at radius 3 is 2.00 bits per heavy atom. The minimum atomic E-state index is -4.13. The van der Waals surface area contributed by atoms with Crippen molar-refractivity contribution in [3.05, 3.63) is 0 Å². The van der Waals surface area contributed by atoms with Crippen molar-refractivity contribution in [2.45, 2.75) is 26.4 Å². The van der Waals surface area contributed by atoms with Crippen LogP contribution in [0, 0.1) is 5.41 Å². The van der Waals surface area contributed by atoms with Crippen LogP contribution in [-0.4, -0.2) is 46.1 Å². The van der Waals surface area contributed by atoms with Gasteiger partial charge in [0, 0.05) is 33.4 Å². The zero-order valence-corrected chi connectivity index (χ0v) is 10.8. The molecule has 0 unspecified atom stereocenters. The molecule has 0 rings (SSSR count). The predicted molar refractivity (Wildman–Crippen MR) is 62.1 cm³/mol. The minimum Gasteiger partial charge on any atom is -0.385 e. The molecule has 0 bridgehead atoms. The molecule has 0 atom stereocenters. The molecule has 0 aliphatic carbocycles. The van der Waals surface area contributed by atoms with Gasteiger partial charge in [-0.05, 0) is 11.8 Å². The van der Waals surface area contributed by atoms with Crippen LogP contribution in [0.5, 0.6) is 0 Å². The fraction of sp³-hybridized carbons (Fsp3) is 1.00. The lowest BCUT2D eigenvalue weighted by Crippen LogP contribution is -2.37. The highest BCUT2D eigenvalue weighted by atomic mass is 19.4. The van der Waals surface area contributed by atoms with E-state index in [1.54, 1.807) is 7.11 Å². The van der Waals surface area contributed by atoms with Crippen molar-refractivity contribution in [2.75, 3.05) is 39.9 Å². The summed E-state index contributed by atoms with van der Waals surface area (Å²) in [6, 6.07) is 0. The van der Waals surface area contributed by atoms with E-state index in [1.165, 1.54) is 0 Å². The van der Waals surface area contributed by atoms with Crippen molar-refractivity contribution in [2.24, 2.45) is 5.41 Å². The largest absolute Gasteiger partial charge is 0.401 e. The van der Waals surface area contributed by atoms with E-state index in [0.717, 1.165) is 13.0 Å². The highest BCUT2D eigenvalue weighted by molar-refractivity contribution is 4.71. The third-order valence-electron chi connectivity index (χ3n) is 2.39. The second-order valence-electron chi connectivity index (χ2n) is 4.88. The van der Waals surface area contributed by atoms with Crippen molar-refractivity contribution >= 4 is 0 Å². The number of hydrogen-bond donors (Lipinski definition) is 2. The Labute approximate surface area is 101 Å². The molecule has 0 radical (unpaired) electrons. The van der Waals surface area contributed by atoms with Crippen LogP contribution in [-0.2, 0) is 4.74 Å². The molecule has 6 heteroatoms. The number of halogens is 3. The normalized spacial score (nSPS) is 13.1. The minimum absolute atomic E-state index is 0.0973. The Kier molecular flexibility index (Phi) is 7.74. The average molecular weight is 256 g/mol. The van der Waals surface area contributed by atoms with E-state index in [-0.39, 0.29) is 5.41 Å². The van der Waals surface area contributed by atoms with Crippen LogP contribution in [0.3, 0.4) is 0 Å². The maximum Gasteiger partial charge on any atom is 0.401 e. The summed E-state index contributed by atoms with van der Waals surface area (Å²) in [6.45, 7) is 5.59. The number of nitrogens with one attached hydrogen (secondary N) is 2. The van der Waals surface area contributed by atoms with Crippen molar-refractivity contribution in [3.8, 4) is 0 Å². The number of alkyl halides is 3. The van der Waals surface area contributed by atoms with Crippen LogP contribution in [0.15, 0.2) is 0 Å². The Hall–Kier alpha value is -0.330. The van der Waals surface area contributed by atoms with E-state index in [0.29, 0.717) is 19.7 Å². The predicted octanol–water partition coefficient (Wildman–Crippen LogP) is 1.79. The lowest BCUT2D eigenvalue weighted by Gasteiger charge is -2.24. The fourth-order valence-electron chi connectivity index (χ4n) is 1.30. The van der Waals surface area contributed by atoms with E-state index < -0.39 is 12.7 Å². The molecule has 3 nitrogen and oxygen atoms in total. The zero-order valence-electron chi connectivity index (χ0n) is 10.8. The van der Waals surface area contributed by atoms with Crippen LogP contribution < -0.4 is 10.6 Å². The highest BCUT2D eigenvalue weighted by Gasteiger charge is 2.25. The molecule has 0 aromatic heterocycles. The van der Waals surface area contributed by atoms with Crippen LogP contribution in [0.4, 0.5) is 13.2 Å². The summed E-state index contributed by atoms with van der Waals surface area (Å²) in [4.78, 5) is 0. The van der Waals surface area contributed by atoms with Crippen molar-refractivity contribution in [1.82, 2.24) is 10.6 Å². The zero-order chi connectivity index (χ0) is 13.4. The van der Waals surface area contributed by atoms with Crippen LogP contribution in [0.2, 0.25) is 0 Å². The molecule has 0 aliphatic rings. The van der Waals surface area contributed by atoms with E-state index in [9.17, 15) is 13.2 Å². The molecule has 0 saturated carbocycles. The topological polar surface area (TPSA) is 33.3 Å². The SMILES string of the molecule is COCCC(C)(C)CNCCNCC(F)(F)F. The molecule has 0 spiro atoms. The van der Waals surface area contributed by atoms with Gasteiger partial charge in [0.2, 0.25) is 0 Å². The Morgan fingerprint density at radius 2 is 1.53 bits per heavy atom. The number of methoxy groups -OCH3 is 1. The summed E-state index contributed by atoms with van der Waals surface area (Å²) in [5, 5.41) is 5.48. The monoisotopic (exact) mass is 256 g/mol. The van der Waals surface area contributed by atoms with Gasteiger partial charge in [-0.3, -0.25) is 0 Å². The molecule has 0 saturated heterocycles. The van der Waals surface area contributed by atoms with E-state index in [1.807, 2.05) is 0 Å². The molecule has 0 aromatic rings. The Bertz CT molecular complexity index is 196. The van der Waals surface area contributed by atoms with Gasteiger partial charge < -0.3 is 15.4 Å². The lowest BCUT2D eigenvalue weighted by atomic mass is 9.90. The van der Waals surface area contributed by atoms with Crippen LogP contribution >= 0.6 is 0 Å². The third-order valence-corrected chi connectivity index (χ3v) is 2.39. The Morgan fingerprint density at radius 1 is 1.00 bits per heavy atom. The second kappa shape index (κ2) is 7.89. The number of hydrogen-bond acceptors (Lipinski definition) is 3. The summed E-state index contributed by atoms with van der Waals surface area (Å²) in [5.74, 6) is 0. The second-order valence-corrected chi connectivity index (χ2v) is 4.88. The van der Waals surface area contributed by atoms with E-state index >= 15 is 0 Å². The molecular formula is C11H23F3N2O. The van der Waals surface area contributed by atoms with Gasteiger partial charge in [0.05, 0.1) is 6.54 Å². The van der Waals surface area contributed by atoms with Gasteiger partial charge >= 0.3 is 6.18 Å². The molecule has 2 N–H and O–H groups in total. The van der Waals surface area contributed by atoms with Gasteiger partial charge in [0.15, 0.2) is 0 Å². The first kappa shape index (κ1) is 16.7. The van der Waals surface area contributed by atoms with Gasteiger partial charge in [-0.15, -0.1) is 0 Å². The summed E-state index contributed by atoms with van der Waals surface area (Å²) >= 11 is 0. The first-order valence-corrected chi connectivity index (χ1v) is 5.74. The van der Waals surface area contributed by atoms with Crippen LogP contribution in [0.25, 0.3) is 0 Å².